The van der Waals surface area contributed by atoms with Crippen LogP contribution >= 0.6 is 24.8 Å². The molecule has 8 nitrogen and oxygen atoms in total. The normalized spacial score (nSPS) is 33.9. The Balaban J connectivity index is 0.00000109. The van der Waals surface area contributed by atoms with E-state index in [2.05, 4.69) is 16.4 Å². The molecular weight excluding hydrogens is 431 g/mol. The van der Waals surface area contributed by atoms with E-state index in [1.54, 1.807) is 6.20 Å². The van der Waals surface area contributed by atoms with Crippen molar-refractivity contribution in [2.45, 2.75) is 43.2 Å². The third kappa shape index (κ3) is 3.21. The number of halogens is 2. The molecule has 2 aromatic rings. The first kappa shape index (κ1) is 21.8. The average molecular weight is 457 g/mol. The summed E-state index contributed by atoms with van der Waals surface area (Å²) in [4.78, 5) is 17.9. The summed E-state index contributed by atoms with van der Waals surface area (Å²) >= 11 is 0. The summed E-state index contributed by atoms with van der Waals surface area (Å²) in [5.41, 5.74) is 1.77. The first-order valence-corrected chi connectivity index (χ1v) is 10.1. The second-order valence-corrected chi connectivity index (χ2v) is 8.43. The molecule has 2 N–H and O–H groups in total. The van der Waals surface area contributed by atoms with E-state index in [0.717, 1.165) is 31.7 Å². The van der Waals surface area contributed by atoms with Crippen LogP contribution in [0.1, 0.15) is 24.1 Å². The maximum atomic E-state index is 13.4. The summed E-state index contributed by atoms with van der Waals surface area (Å²) in [6.07, 6.45) is 3.63. The van der Waals surface area contributed by atoms with Crippen molar-refractivity contribution in [3.63, 3.8) is 0 Å². The highest BCUT2D eigenvalue weighted by Gasteiger charge is 2.48. The summed E-state index contributed by atoms with van der Waals surface area (Å²) in [7, 11) is 0. The molecule has 0 spiro atoms. The van der Waals surface area contributed by atoms with E-state index >= 15 is 0 Å². The van der Waals surface area contributed by atoms with Crippen LogP contribution in [0, 0.1) is 5.92 Å². The Kier molecular flexibility index (Phi) is 6.00. The number of pyridine rings is 1. The van der Waals surface area contributed by atoms with Gasteiger partial charge in [0.2, 0.25) is 0 Å². The number of piperidine rings is 1. The van der Waals surface area contributed by atoms with Crippen molar-refractivity contribution in [2.75, 3.05) is 26.3 Å². The van der Waals surface area contributed by atoms with Crippen LogP contribution in [0.15, 0.2) is 29.3 Å². The molecule has 6 atom stereocenters. The third-order valence-corrected chi connectivity index (χ3v) is 6.78. The van der Waals surface area contributed by atoms with E-state index in [-0.39, 0.29) is 55.2 Å². The molecule has 0 saturated carbocycles. The topological polar surface area (TPSA) is 90.5 Å². The van der Waals surface area contributed by atoms with Gasteiger partial charge in [-0.1, -0.05) is 0 Å². The number of aliphatic hydroxyl groups is 1. The minimum absolute atomic E-state index is 0. The lowest BCUT2D eigenvalue weighted by Crippen LogP contribution is -2.45. The van der Waals surface area contributed by atoms with Crippen LogP contribution in [0.25, 0.3) is 11.4 Å². The lowest BCUT2D eigenvalue weighted by molar-refractivity contribution is 0.0172. The summed E-state index contributed by atoms with van der Waals surface area (Å²) in [5, 5.41) is 13.5. The van der Waals surface area contributed by atoms with Crippen molar-refractivity contribution in [3.8, 4) is 11.4 Å². The number of nitrogens with one attached hydrogen (secondary N) is 1. The molecule has 3 saturated heterocycles. The number of rotatable bonds is 2. The third-order valence-electron chi connectivity index (χ3n) is 6.78. The molecule has 2 aromatic heterocycles. The van der Waals surface area contributed by atoms with Gasteiger partial charge < -0.3 is 29.0 Å². The molecule has 6 heterocycles. The molecule has 0 radical (unpaired) electrons. The number of imidazole rings is 1. The lowest BCUT2D eigenvalue weighted by atomic mass is 9.84. The Morgan fingerprint density at radius 2 is 1.97 bits per heavy atom. The lowest BCUT2D eigenvalue weighted by Gasteiger charge is -2.37. The fourth-order valence-electron chi connectivity index (χ4n) is 5.45. The largest absolute Gasteiger partial charge is 0.388 e. The minimum Gasteiger partial charge on any atom is -0.388 e. The standard InChI is InChI=1S/C20H24N4O4.2ClH/c25-16-10-28-17-15(9-27-18(16)17)23-4-3-22-19(23)13-1-2-14-12-5-11(6-21-7-12)8-24(14)20(13)26;;/h1-4,11-12,15-18,21,25H,5-10H2;2*1H/t11-,12+,15-,16-,17+,18+;;/m0../s1. The number of fused-ring (bicyclic) bond motifs is 5. The molecule has 3 fully saturated rings. The molecule has 30 heavy (non-hydrogen) atoms. The zero-order valence-electron chi connectivity index (χ0n) is 16.3. The number of aliphatic hydroxyl groups excluding tert-OH is 1. The van der Waals surface area contributed by atoms with Crippen molar-refractivity contribution < 1.29 is 14.6 Å². The van der Waals surface area contributed by atoms with Crippen LogP contribution < -0.4 is 10.9 Å². The van der Waals surface area contributed by atoms with Gasteiger partial charge in [-0.2, -0.15) is 0 Å². The first-order chi connectivity index (χ1) is 13.7. The molecule has 164 valence electrons. The van der Waals surface area contributed by atoms with E-state index in [1.165, 1.54) is 0 Å². The van der Waals surface area contributed by atoms with Crippen LogP contribution in [-0.2, 0) is 16.0 Å². The van der Waals surface area contributed by atoms with E-state index < -0.39 is 6.10 Å². The molecule has 4 aliphatic heterocycles. The van der Waals surface area contributed by atoms with Gasteiger partial charge in [0.1, 0.15) is 24.1 Å². The van der Waals surface area contributed by atoms with Crippen molar-refractivity contribution in [3.05, 3.63) is 40.6 Å². The molecule has 0 aromatic carbocycles. The Morgan fingerprint density at radius 1 is 1.13 bits per heavy atom. The molecule has 0 aliphatic carbocycles. The Bertz CT molecular complexity index is 980. The number of nitrogens with zero attached hydrogens (tertiary/aromatic N) is 3. The fraction of sp³-hybridized carbons (Fsp3) is 0.600. The first-order valence-electron chi connectivity index (χ1n) is 10.1. The predicted octanol–water partition coefficient (Wildman–Crippen LogP) is 0.962. The number of aromatic nitrogens is 3. The van der Waals surface area contributed by atoms with Crippen LogP contribution in [0.3, 0.4) is 0 Å². The van der Waals surface area contributed by atoms with Gasteiger partial charge in [0.25, 0.3) is 5.56 Å². The van der Waals surface area contributed by atoms with Crippen molar-refractivity contribution in [1.29, 1.82) is 0 Å². The van der Waals surface area contributed by atoms with Gasteiger partial charge in [-0.15, -0.1) is 24.8 Å². The predicted molar refractivity (Wildman–Crippen MR) is 115 cm³/mol. The van der Waals surface area contributed by atoms with Crippen LogP contribution in [-0.4, -0.2) is 63.8 Å². The van der Waals surface area contributed by atoms with Gasteiger partial charge >= 0.3 is 0 Å². The van der Waals surface area contributed by atoms with E-state index in [0.29, 0.717) is 29.8 Å². The molecular formula is C20H26Cl2N4O4. The van der Waals surface area contributed by atoms with Crippen molar-refractivity contribution in [1.82, 2.24) is 19.4 Å². The molecule has 2 bridgehead atoms. The maximum absolute atomic E-state index is 13.4. The highest BCUT2D eigenvalue weighted by molar-refractivity contribution is 5.85. The minimum atomic E-state index is -0.593. The summed E-state index contributed by atoms with van der Waals surface area (Å²) in [6.45, 7) is 3.40. The molecule has 6 rings (SSSR count). The summed E-state index contributed by atoms with van der Waals surface area (Å²) in [6, 6.07) is 3.91. The van der Waals surface area contributed by atoms with Gasteiger partial charge in [-0.05, 0) is 31.0 Å². The molecule has 10 heteroatoms. The van der Waals surface area contributed by atoms with E-state index in [1.807, 2.05) is 21.4 Å². The molecule has 0 amide bonds. The fourth-order valence-corrected chi connectivity index (χ4v) is 5.45. The van der Waals surface area contributed by atoms with E-state index in [9.17, 15) is 9.90 Å². The highest BCUT2D eigenvalue weighted by Crippen LogP contribution is 2.37. The molecule has 0 unspecified atom stereocenters. The van der Waals surface area contributed by atoms with Crippen LogP contribution in [0.5, 0.6) is 0 Å². The van der Waals surface area contributed by atoms with E-state index in [4.69, 9.17) is 9.47 Å². The smallest absolute Gasteiger partial charge is 0.261 e. The van der Waals surface area contributed by atoms with Crippen LogP contribution in [0.4, 0.5) is 0 Å². The highest BCUT2D eigenvalue weighted by atomic mass is 35.5. The quantitative estimate of drug-likeness (QED) is 0.699. The Labute approximate surface area is 186 Å². The van der Waals surface area contributed by atoms with Gasteiger partial charge in [0, 0.05) is 37.1 Å². The Morgan fingerprint density at radius 3 is 2.83 bits per heavy atom. The number of hydrogen-bond donors (Lipinski definition) is 2. The van der Waals surface area contributed by atoms with Gasteiger partial charge in [0.15, 0.2) is 0 Å². The monoisotopic (exact) mass is 456 g/mol. The van der Waals surface area contributed by atoms with Crippen molar-refractivity contribution in [2.24, 2.45) is 5.92 Å². The molecule has 4 aliphatic rings. The van der Waals surface area contributed by atoms with Crippen molar-refractivity contribution >= 4 is 24.8 Å². The van der Waals surface area contributed by atoms with Gasteiger partial charge in [-0.3, -0.25) is 4.79 Å². The van der Waals surface area contributed by atoms with Gasteiger partial charge in [0.05, 0.1) is 24.8 Å². The maximum Gasteiger partial charge on any atom is 0.261 e. The Hall–Kier alpha value is -1.42. The SMILES string of the molecule is Cl.Cl.O=c1c(-c2nccn2[C@H]2CO[C@H]3[C@@H]2OC[C@@H]3O)ccc2n1C[C@@H]1CNC[C@H]2C1. The van der Waals surface area contributed by atoms with Gasteiger partial charge in [-0.25, -0.2) is 4.98 Å². The average Bonchev–Trinajstić information content (AvgIpc) is 3.41. The second-order valence-electron chi connectivity index (χ2n) is 8.43. The summed E-state index contributed by atoms with van der Waals surface area (Å²) < 4.78 is 15.5. The second kappa shape index (κ2) is 8.26. The summed E-state index contributed by atoms with van der Waals surface area (Å²) in [5.74, 6) is 1.57. The number of hydrogen-bond acceptors (Lipinski definition) is 6. The number of ether oxygens (including phenoxy) is 2. The van der Waals surface area contributed by atoms with Crippen LogP contribution in [0.2, 0.25) is 0 Å². The zero-order chi connectivity index (χ0) is 18.8. The zero-order valence-corrected chi connectivity index (χ0v) is 18.0.